The first kappa shape index (κ1) is 19.4. The lowest BCUT2D eigenvalue weighted by Crippen LogP contribution is -2.28. The van der Waals surface area contributed by atoms with E-state index in [0.29, 0.717) is 23.0 Å². The van der Waals surface area contributed by atoms with Crippen LogP contribution >= 0.6 is 11.8 Å². The van der Waals surface area contributed by atoms with Crippen molar-refractivity contribution >= 4 is 23.4 Å². The van der Waals surface area contributed by atoms with Gasteiger partial charge in [-0.15, -0.1) is 11.8 Å². The van der Waals surface area contributed by atoms with Crippen LogP contribution in [0.2, 0.25) is 0 Å². The first-order valence-electron chi connectivity index (χ1n) is 9.25. The van der Waals surface area contributed by atoms with Crippen LogP contribution in [0.3, 0.4) is 0 Å². The van der Waals surface area contributed by atoms with E-state index in [-0.39, 0.29) is 5.91 Å². The third-order valence-electron chi connectivity index (χ3n) is 5.20. The van der Waals surface area contributed by atoms with Gasteiger partial charge in [-0.2, -0.15) is 0 Å². The molecular formula is C22H22N2O4S. The van der Waals surface area contributed by atoms with Gasteiger partial charge in [-0.05, 0) is 61.6 Å². The van der Waals surface area contributed by atoms with Crippen molar-refractivity contribution in [1.29, 1.82) is 0 Å². The Balaban J connectivity index is 1.54. The number of hydrogen-bond acceptors (Lipinski definition) is 6. The van der Waals surface area contributed by atoms with Gasteiger partial charge in [0.2, 0.25) is 5.91 Å². The van der Waals surface area contributed by atoms with Crippen molar-refractivity contribution in [2.24, 2.45) is 0 Å². The molecule has 7 heteroatoms. The third kappa shape index (κ3) is 3.70. The molecular weight excluding hydrogens is 388 g/mol. The second-order valence-corrected chi connectivity index (χ2v) is 7.79. The van der Waals surface area contributed by atoms with E-state index in [1.807, 2.05) is 54.8 Å². The molecule has 1 saturated carbocycles. The van der Waals surface area contributed by atoms with Crippen LogP contribution in [0.5, 0.6) is 11.5 Å². The van der Waals surface area contributed by atoms with E-state index >= 15 is 0 Å². The molecule has 0 radical (unpaired) electrons. The lowest BCUT2D eigenvalue weighted by molar-refractivity contribution is -0.118. The molecule has 1 aliphatic rings. The lowest BCUT2D eigenvalue weighted by Gasteiger charge is -2.12. The smallest absolute Gasteiger partial charge is 0.236 e. The molecule has 29 heavy (non-hydrogen) atoms. The first-order chi connectivity index (χ1) is 14.1. The average molecular weight is 410 g/mol. The Morgan fingerprint density at radius 1 is 1.07 bits per heavy atom. The van der Waals surface area contributed by atoms with Crippen molar-refractivity contribution in [2.45, 2.75) is 23.2 Å². The highest BCUT2D eigenvalue weighted by Crippen LogP contribution is 2.49. The minimum absolute atomic E-state index is 0.0541. The zero-order chi connectivity index (χ0) is 20.4. The van der Waals surface area contributed by atoms with Gasteiger partial charge in [0.05, 0.1) is 25.3 Å². The molecule has 0 spiro atoms. The van der Waals surface area contributed by atoms with Gasteiger partial charge in [-0.3, -0.25) is 4.79 Å². The second-order valence-electron chi connectivity index (χ2n) is 6.91. The Kier molecular flexibility index (Phi) is 5.24. The summed E-state index contributed by atoms with van der Waals surface area (Å²) < 4.78 is 16.2. The third-order valence-corrected chi connectivity index (χ3v) is 5.94. The van der Waals surface area contributed by atoms with Crippen LogP contribution in [0.1, 0.15) is 18.5 Å². The van der Waals surface area contributed by atoms with Crippen LogP contribution < -0.4 is 14.8 Å². The number of anilines is 1. The monoisotopic (exact) mass is 410 g/mol. The Hall–Kier alpha value is -2.93. The first-order valence-corrected chi connectivity index (χ1v) is 10.5. The van der Waals surface area contributed by atoms with Gasteiger partial charge in [-0.1, -0.05) is 5.16 Å². The molecule has 1 amide bonds. The number of hydrogen-bond donors (Lipinski definition) is 1. The molecule has 0 atom stereocenters. The van der Waals surface area contributed by atoms with E-state index in [1.165, 1.54) is 0 Å². The van der Waals surface area contributed by atoms with Crippen LogP contribution in [0, 0.1) is 0 Å². The highest BCUT2D eigenvalue weighted by molar-refractivity contribution is 7.98. The molecule has 3 aromatic rings. The van der Waals surface area contributed by atoms with E-state index in [2.05, 4.69) is 10.5 Å². The van der Waals surface area contributed by atoms with E-state index < -0.39 is 5.41 Å². The predicted octanol–water partition coefficient (Wildman–Crippen LogP) is 4.75. The molecule has 2 aromatic carbocycles. The summed E-state index contributed by atoms with van der Waals surface area (Å²) in [6, 6.07) is 15.2. The van der Waals surface area contributed by atoms with Crippen LogP contribution in [0.25, 0.3) is 11.3 Å². The van der Waals surface area contributed by atoms with E-state index in [4.69, 9.17) is 14.0 Å². The molecule has 0 bridgehead atoms. The summed E-state index contributed by atoms with van der Waals surface area (Å²) in [6.07, 6.45) is 3.52. The summed E-state index contributed by atoms with van der Waals surface area (Å²) in [6.45, 7) is 0. The van der Waals surface area contributed by atoms with Gasteiger partial charge in [0.25, 0.3) is 0 Å². The Bertz CT molecular complexity index is 1030. The number of benzene rings is 2. The van der Waals surface area contributed by atoms with Gasteiger partial charge in [0, 0.05) is 22.2 Å². The second kappa shape index (κ2) is 7.83. The number of thioether (sulfide) groups is 1. The lowest BCUT2D eigenvalue weighted by atomic mass is 10.00. The van der Waals surface area contributed by atoms with Crippen LogP contribution in [0.15, 0.2) is 57.9 Å². The number of carbonyl (C=O) groups excluding carboxylic acids is 1. The predicted molar refractivity (Wildman–Crippen MR) is 113 cm³/mol. The SMILES string of the molecule is COc1ccc(-c2cc(C3(C(=O)Nc4ccc(SC)cc4)CC3)no2)cc1OC. The zero-order valence-corrected chi connectivity index (χ0v) is 17.3. The largest absolute Gasteiger partial charge is 0.493 e. The minimum Gasteiger partial charge on any atom is -0.493 e. The van der Waals surface area contributed by atoms with Gasteiger partial charge < -0.3 is 19.3 Å². The van der Waals surface area contributed by atoms with Crippen LogP contribution in [-0.2, 0) is 10.2 Å². The van der Waals surface area contributed by atoms with Gasteiger partial charge >= 0.3 is 0 Å². The molecule has 6 nitrogen and oxygen atoms in total. The summed E-state index contributed by atoms with van der Waals surface area (Å²) in [7, 11) is 3.18. The van der Waals surface area contributed by atoms with Crippen molar-refractivity contribution in [3.8, 4) is 22.8 Å². The van der Waals surface area contributed by atoms with Crippen molar-refractivity contribution in [2.75, 3.05) is 25.8 Å². The van der Waals surface area contributed by atoms with Crippen molar-refractivity contribution < 1.29 is 18.8 Å². The molecule has 1 aliphatic carbocycles. The number of rotatable bonds is 7. The highest BCUT2D eigenvalue weighted by Gasteiger charge is 2.53. The maximum absolute atomic E-state index is 12.9. The number of carbonyl (C=O) groups is 1. The summed E-state index contributed by atoms with van der Waals surface area (Å²) in [4.78, 5) is 14.1. The Morgan fingerprint density at radius 3 is 2.41 bits per heavy atom. The molecule has 4 rings (SSSR count). The number of nitrogens with one attached hydrogen (secondary N) is 1. The standard InChI is InChI=1S/C22H22N2O4S/c1-26-17-9-4-14(12-19(17)27-2)18-13-20(24-28-18)22(10-11-22)21(25)23-15-5-7-16(29-3)8-6-15/h4-9,12-13H,10-11H2,1-3H3,(H,23,25). The summed E-state index contributed by atoms with van der Waals surface area (Å²) in [5.41, 5.74) is 1.62. The fraction of sp³-hybridized carbons (Fsp3) is 0.273. The van der Waals surface area contributed by atoms with Gasteiger partial charge in [0.15, 0.2) is 17.3 Å². The van der Waals surface area contributed by atoms with Crippen molar-refractivity contribution in [3.05, 3.63) is 54.2 Å². The number of aromatic nitrogens is 1. The highest BCUT2D eigenvalue weighted by atomic mass is 32.2. The van der Waals surface area contributed by atoms with Gasteiger partial charge in [0.1, 0.15) is 0 Å². The quantitative estimate of drug-likeness (QED) is 0.567. The number of ether oxygens (including phenoxy) is 2. The summed E-state index contributed by atoms with van der Waals surface area (Å²) in [5, 5.41) is 7.21. The number of amides is 1. The average Bonchev–Trinajstić information content (AvgIpc) is 3.43. The Morgan fingerprint density at radius 2 is 1.79 bits per heavy atom. The normalized spacial score (nSPS) is 14.3. The fourth-order valence-corrected chi connectivity index (χ4v) is 3.68. The van der Waals surface area contributed by atoms with Crippen molar-refractivity contribution in [1.82, 2.24) is 5.16 Å². The molecule has 150 valence electrons. The zero-order valence-electron chi connectivity index (χ0n) is 16.5. The molecule has 0 unspecified atom stereocenters. The summed E-state index contributed by atoms with van der Waals surface area (Å²) in [5.74, 6) is 1.78. The number of nitrogens with zero attached hydrogens (tertiary/aromatic N) is 1. The van der Waals surface area contributed by atoms with E-state index in [0.717, 1.165) is 29.0 Å². The van der Waals surface area contributed by atoms with Crippen molar-refractivity contribution in [3.63, 3.8) is 0 Å². The van der Waals surface area contributed by atoms with E-state index in [1.54, 1.807) is 26.0 Å². The fourth-order valence-electron chi connectivity index (χ4n) is 3.28. The maximum atomic E-state index is 12.9. The Labute approximate surface area is 173 Å². The van der Waals surface area contributed by atoms with Crippen LogP contribution in [0.4, 0.5) is 5.69 Å². The molecule has 1 fully saturated rings. The summed E-state index contributed by atoms with van der Waals surface area (Å²) >= 11 is 1.66. The molecule has 1 aromatic heterocycles. The molecule has 0 saturated heterocycles. The van der Waals surface area contributed by atoms with E-state index in [9.17, 15) is 4.79 Å². The minimum atomic E-state index is -0.628. The van der Waals surface area contributed by atoms with Crippen LogP contribution in [-0.4, -0.2) is 31.5 Å². The molecule has 1 heterocycles. The molecule has 1 N–H and O–H groups in total. The number of methoxy groups -OCH3 is 2. The molecule has 0 aliphatic heterocycles. The van der Waals surface area contributed by atoms with Gasteiger partial charge in [-0.25, -0.2) is 0 Å². The topological polar surface area (TPSA) is 73.6 Å². The maximum Gasteiger partial charge on any atom is 0.236 e.